The summed E-state index contributed by atoms with van der Waals surface area (Å²) in [6.45, 7) is 6.74. The quantitative estimate of drug-likeness (QED) is 0.769. The van der Waals surface area contributed by atoms with Crippen molar-refractivity contribution in [3.05, 3.63) is 29.6 Å². The molecule has 0 aliphatic heterocycles. The van der Waals surface area contributed by atoms with Gasteiger partial charge in [0.05, 0.1) is 0 Å². The maximum absolute atomic E-state index is 4.26. The van der Waals surface area contributed by atoms with Crippen LogP contribution in [-0.2, 0) is 0 Å². The summed E-state index contributed by atoms with van der Waals surface area (Å²) in [7, 11) is 0. The summed E-state index contributed by atoms with van der Waals surface area (Å²) in [6, 6.07) is 2.13. The standard InChI is InChI=1S/C14H22N2/c1-3-7-15-9-12-4-5-13(12)14-10-16-8-6-11(14)2/h6,8,10,12-13,15H,3-5,7,9H2,1-2H3. The van der Waals surface area contributed by atoms with Gasteiger partial charge >= 0.3 is 0 Å². The molecule has 0 aromatic carbocycles. The second-order valence-electron chi connectivity index (χ2n) is 4.88. The molecule has 1 aromatic rings. The number of nitrogens with zero attached hydrogens (tertiary/aromatic N) is 1. The van der Waals surface area contributed by atoms with Crippen LogP contribution in [0.15, 0.2) is 18.5 Å². The third kappa shape index (κ3) is 2.43. The van der Waals surface area contributed by atoms with Crippen LogP contribution in [-0.4, -0.2) is 18.1 Å². The SMILES string of the molecule is CCCNCC1CCC1c1cnccc1C. The van der Waals surface area contributed by atoms with Crippen LogP contribution in [0.1, 0.15) is 43.2 Å². The number of hydrogen-bond donors (Lipinski definition) is 1. The van der Waals surface area contributed by atoms with E-state index in [1.54, 1.807) is 0 Å². The van der Waals surface area contributed by atoms with Crippen LogP contribution in [0, 0.1) is 12.8 Å². The largest absolute Gasteiger partial charge is 0.316 e. The fraction of sp³-hybridized carbons (Fsp3) is 0.643. The molecule has 1 fully saturated rings. The van der Waals surface area contributed by atoms with Gasteiger partial charge in [0, 0.05) is 12.4 Å². The summed E-state index contributed by atoms with van der Waals surface area (Å²) < 4.78 is 0. The van der Waals surface area contributed by atoms with Crippen LogP contribution < -0.4 is 5.32 Å². The molecule has 2 rings (SSSR count). The van der Waals surface area contributed by atoms with Gasteiger partial charge in [0.2, 0.25) is 0 Å². The van der Waals surface area contributed by atoms with Crippen molar-refractivity contribution in [1.82, 2.24) is 10.3 Å². The number of aromatic nitrogens is 1. The fourth-order valence-corrected chi connectivity index (χ4v) is 2.55. The summed E-state index contributed by atoms with van der Waals surface area (Å²) >= 11 is 0. The average Bonchev–Trinajstić information content (AvgIpc) is 2.26. The first-order chi connectivity index (χ1) is 7.83. The van der Waals surface area contributed by atoms with Crippen molar-refractivity contribution in [1.29, 1.82) is 0 Å². The molecule has 0 spiro atoms. The number of rotatable bonds is 5. The van der Waals surface area contributed by atoms with E-state index >= 15 is 0 Å². The molecule has 2 heteroatoms. The molecule has 16 heavy (non-hydrogen) atoms. The molecule has 2 atom stereocenters. The summed E-state index contributed by atoms with van der Waals surface area (Å²) in [5.41, 5.74) is 2.87. The lowest BCUT2D eigenvalue weighted by Crippen LogP contribution is -2.34. The Morgan fingerprint density at radius 1 is 1.44 bits per heavy atom. The van der Waals surface area contributed by atoms with E-state index in [0.717, 1.165) is 18.4 Å². The molecular weight excluding hydrogens is 196 g/mol. The van der Waals surface area contributed by atoms with E-state index in [9.17, 15) is 0 Å². The van der Waals surface area contributed by atoms with Crippen molar-refractivity contribution in [2.45, 2.75) is 39.0 Å². The van der Waals surface area contributed by atoms with E-state index < -0.39 is 0 Å². The van der Waals surface area contributed by atoms with Crippen molar-refractivity contribution < 1.29 is 0 Å². The van der Waals surface area contributed by atoms with E-state index in [1.807, 2.05) is 6.20 Å². The van der Waals surface area contributed by atoms with Crippen molar-refractivity contribution in [3.8, 4) is 0 Å². The van der Waals surface area contributed by atoms with E-state index in [-0.39, 0.29) is 0 Å². The van der Waals surface area contributed by atoms with Crippen molar-refractivity contribution >= 4 is 0 Å². The Bertz CT molecular complexity index is 335. The van der Waals surface area contributed by atoms with Gasteiger partial charge in [-0.25, -0.2) is 0 Å². The average molecular weight is 218 g/mol. The number of aryl methyl sites for hydroxylation is 1. The van der Waals surface area contributed by atoms with Crippen molar-refractivity contribution in [2.75, 3.05) is 13.1 Å². The van der Waals surface area contributed by atoms with Gasteiger partial charge in [-0.05, 0) is 68.3 Å². The molecule has 0 radical (unpaired) electrons. The van der Waals surface area contributed by atoms with Crippen LogP contribution in [0.4, 0.5) is 0 Å². The molecule has 0 bridgehead atoms. The third-order valence-corrected chi connectivity index (χ3v) is 3.73. The van der Waals surface area contributed by atoms with Gasteiger partial charge in [0.15, 0.2) is 0 Å². The molecule has 2 unspecified atom stereocenters. The number of nitrogens with one attached hydrogen (secondary N) is 1. The minimum Gasteiger partial charge on any atom is -0.316 e. The zero-order valence-electron chi connectivity index (χ0n) is 10.4. The Labute approximate surface area is 98.5 Å². The maximum atomic E-state index is 4.26. The van der Waals surface area contributed by atoms with Gasteiger partial charge in [-0.2, -0.15) is 0 Å². The second kappa shape index (κ2) is 5.44. The Hall–Kier alpha value is -0.890. The summed E-state index contributed by atoms with van der Waals surface area (Å²) in [5.74, 6) is 1.58. The van der Waals surface area contributed by atoms with Gasteiger partial charge in [0.1, 0.15) is 0 Å². The van der Waals surface area contributed by atoms with Crippen LogP contribution in [0.25, 0.3) is 0 Å². The second-order valence-corrected chi connectivity index (χ2v) is 4.88. The Kier molecular flexibility index (Phi) is 3.94. The highest BCUT2D eigenvalue weighted by Crippen LogP contribution is 2.42. The molecule has 1 aliphatic carbocycles. The normalized spacial score (nSPS) is 24.1. The zero-order chi connectivity index (χ0) is 11.4. The monoisotopic (exact) mass is 218 g/mol. The van der Waals surface area contributed by atoms with E-state index in [2.05, 4.69) is 36.4 Å². The molecule has 1 saturated carbocycles. The first kappa shape index (κ1) is 11.6. The smallest absolute Gasteiger partial charge is 0.0305 e. The van der Waals surface area contributed by atoms with E-state index in [1.165, 1.54) is 36.9 Å². The van der Waals surface area contributed by atoms with E-state index in [0.29, 0.717) is 0 Å². The predicted molar refractivity (Wildman–Crippen MR) is 67.6 cm³/mol. The lowest BCUT2D eigenvalue weighted by atomic mass is 9.69. The highest BCUT2D eigenvalue weighted by Gasteiger charge is 2.32. The lowest BCUT2D eigenvalue weighted by Gasteiger charge is -2.37. The third-order valence-electron chi connectivity index (χ3n) is 3.73. The van der Waals surface area contributed by atoms with Crippen LogP contribution in [0.5, 0.6) is 0 Å². The van der Waals surface area contributed by atoms with Gasteiger partial charge < -0.3 is 5.32 Å². The zero-order valence-corrected chi connectivity index (χ0v) is 10.4. The Morgan fingerprint density at radius 3 is 2.94 bits per heavy atom. The summed E-state index contributed by atoms with van der Waals surface area (Å²) in [6.07, 6.45) is 7.89. The highest BCUT2D eigenvalue weighted by atomic mass is 14.9. The van der Waals surface area contributed by atoms with Crippen LogP contribution in [0.2, 0.25) is 0 Å². The number of pyridine rings is 1. The molecule has 1 heterocycles. The lowest BCUT2D eigenvalue weighted by molar-refractivity contribution is 0.245. The molecular formula is C14H22N2. The van der Waals surface area contributed by atoms with Crippen LogP contribution in [0.3, 0.4) is 0 Å². The fourth-order valence-electron chi connectivity index (χ4n) is 2.55. The molecule has 1 N–H and O–H groups in total. The first-order valence-electron chi connectivity index (χ1n) is 6.44. The summed E-state index contributed by atoms with van der Waals surface area (Å²) in [5, 5.41) is 3.54. The topological polar surface area (TPSA) is 24.9 Å². The summed E-state index contributed by atoms with van der Waals surface area (Å²) in [4.78, 5) is 4.26. The molecule has 88 valence electrons. The van der Waals surface area contributed by atoms with E-state index in [4.69, 9.17) is 0 Å². The highest BCUT2D eigenvalue weighted by molar-refractivity contribution is 5.28. The minimum absolute atomic E-state index is 0.748. The van der Waals surface area contributed by atoms with Crippen LogP contribution >= 0.6 is 0 Å². The molecule has 1 aromatic heterocycles. The molecule has 2 nitrogen and oxygen atoms in total. The molecule has 0 saturated heterocycles. The first-order valence-corrected chi connectivity index (χ1v) is 6.44. The van der Waals surface area contributed by atoms with Gasteiger partial charge in [-0.15, -0.1) is 0 Å². The van der Waals surface area contributed by atoms with Gasteiger partial charge in [-0.1, -0.05) is 6.92 Å². The van der Waals surface area contributed by atoms with Gasteiger partial charge in [0.25, 0.3) is 0 Å². The van der Waals surface area contributed by atoms with Crippen molar-refractivity contribution in [2.24, 2.45) is 5.92 Å². The minimum atomic E-state index is 0.748. The molecule has 0 amide bonds. The number of hydrogen-bond acceptors (Lipinski definition) is 2. The van der Waals surface area contributed by atoms with Gasteiger partial charge in [-0.3, -0.25) is 4.98 Å². The predicted octanol–water partition coefficient (Wildman–Crippen LogP) is 2.88. The van der Waals surface area contributed by atoms with Crippen molar-refractivity contribution in [3.63, 3.8) is 0 Å². The Balaban J connectivity index is 1.93. The maximum Gasteiger partial charge on any atom is 0.0305 e. The molecule has 1 aliphatic rings. The Morgan fingerprint density at radius 2 is 2.31 bits per heavy atom.